The monoisotopic (exact) mass is 334 g/mol. The summed E-state index contributed by atoms with van der Waals surface area (Å²) in [5.41, 5.74) is 3.88. The minimum Gasteiger partial charge on any atom is -0.423 e. The average molecular weight is 334 g/mol. The number of benzene rings is 3. The average Bonchev–Trinajstić information content (AvgIpc) is 2.65. The Morgan fingerprint density at radius 2 is 1.56 bits per heavy atom. The zero-order valence-electron chi connectivity index (χ0n) is 14.3. The van der Waals surface area contributed by atoms with E-state index in [9.17, 15) is 9.18 Å². The fraction of sp³-hybridized carbons (Fsp3) is 0.136. The second-order valence-electron chi connectivity index (χ2n) is 5.93. The summed E-state index contributed by atoms with van der Waals surface area (Å²) in [5, 5.41) is 0. The highest BCUT2D eigenvalue weighted by molar-refractivity contribution is 5.91. The van der Waals surface area contributed by atoms with Gasteiger partial charge in [-0.2, -0.15) is 0 Å². The molecule has 3 aromatic rings. The Morgan fingerprint density at radius 1 is 0.920 bits per heavy atom. The van der Waals surface area contributed by atoms with E-state index in [1.807, 2.05) is 18.2 Å². The van der Waals surface area contributed by atoms with E-state index in [0.29, 0.717) is 16.9 Å². The van der Waals surface area contributed by atoms with Crippen LogP contribution in [0.4, 0.5) is 4.39 Å². The molecule has 0 aliphatic heterocycles. The number of aryl methyl sites for hydroxylation is 2. The summed E-state index contributed by atoms with van der Waals surface area (Å²) in [6.45, 7) is 3.80. The highest BCUT2D eigenvalue weighted by Gasteiger charge is 2.09. The van der Waals surface area contributed by atoms with Gasteiger partial charge in [0.25, 0.3) is 0 Å². The normalized spacial score (nSPS) is 10.5. The summed E-state index contributed by atoms with van der Waals surface area (Å²) in [6.07, 6.45) is 0.940. The second kappa shape index (κ2) is 7.31. The lowest BCUT2D eigenvalue weighted by molar-refractivity contribution is 0.0735. The van der Waals surface area contributed by atoms with Crippen LogP contribution in [0.3, 0.4) is 0 Å². The van der Waals surface area contributed by atoms with Crippen LogP contribution in [0.15, 0.2) is 66.7 Å². The van der Waals surface area contributed by atoms with E-state index < -0.39 is 5.97 Å². The number of rotatable bonds is 4. The molecule has 0 unspecified atom stereocenters. The summed E-state index contributed by atoms with van der Waals surface area (Å²) in [7, 11) is 0. The Hall–Kier alpha value is -2.94. The Morgan fingerprint density at radius 3 is 2.16 bits per heavy atom. The molecule has 0 atom stereocenters. The van der Waals surface area contributed by atoms with E-state index in [1.54, 1.807) is 49.4 Å². The lowest BCUT2D eigenvalue weighted by Crippen LogP contribution is -2.08. The number of ether oxygens (including phenoxy) is 1. The topological polar surface area (TPSA) is 26.3 Å². The van der Waals surface area contributed by atoms with Gasteiger partial charge in [0, 0.05) is 0 Å². The Bertz CT molecular complexity index is 881. The van der Waals surface area contributed by atoms with Crippen molar-refractivity contribution >= 4 is 5.97 Å². The van der Waals surface area contributed by atoms with Gasteiger partial charge in [-0.25, -0.2) is 9.18 Å². The first kappa shape index (κ1) is 16.9. The van der Waals surface area contributed by atoms with Crippen molar-refractivity contribution in [1.29, 1.82) is 0 Å². The van der Waals surface area contributed by atoms with Gasteiger partial charge < -0.3 is 4.74 Å². The quantitative estimate of drug-likeness (QED) is 0.460. The third-order valence-electron chi connectivity index (χ3n) is 4.17. The molecule has 0 bridgehead atoms. The first-order chi connectivity index (χ1) is 12.1. The predicted octanol–water partition coefficient (Wildman–Crippen LogP) is 5.58. The maximum Gasteiger partial charge on any atom is 0.343 e. The molecule has 0 radical (unpaired) electrons. The molecule has 0 aliphatic rings. The molecule has 0 saturated carbocycles. The Balaban J connectivity index is 1.74. The van der Waals surface area contributed by atoms with Crippen LogP contribution in [-0.4, -0.2) is 5.97 Å². The molecule has 0 amide bonds. The van der Waals surface area contributed by atoms with Crippen LogP contribution in [-0.2, 0) is 6.42 Å². The molecule has 3 heteroatoms. The standard InChI is InChI=1S/C22H19FO2/c1-3-16-5-12-20(13-6-16)25-22(24)18-10-8-17(9-11-18)19-7-4-15(2)21(23)14-19/h4-14H,3H2,1-2H3. The predicted molar refractivity (Wildman–Crippen MR) is 97.4 cm³/mol. The first-order valence-electron chi connectivity index (χ1n) is 8.24. The Kier molecular flexibility index (Phi) is 4.94. The van der Waals surface area contributed by atoms with Gasteiger partial charge in [0.05, 0.1) is 5.56 Å². The number of carbonyl (C=O) groups excluding carboxylic acids is 1. The summed E-state index contributed by atoms with van der Waals surface area (Å²) in [5.74, 6) is -0.130. The molecule has 0 spiro atoms. The maximum atomic E-state index is 13.7. The third-order valence-corrected chi connectivity index (χ3v) is 4.17. The van der Waals surface area contributed by atoms with Crippen molar-refractivity contribution in [3.05, 3.63) is 89.2 Å². The van der Waals surface area contributed by atoms with E-state index in [0.717, 1.165) is 17.5 Å². The van der Waals surface area contributed by atoms with E-state index in [1.165, 1.54) is 11.6 Å². The van der Waals surface area contributed by atoms with E-state index in [2.05, 4.69) is 6.92 Å². The fourth-order valence-corrected chi connectivity index (χ4v) is 2.53. The summed E-state index contributed by atoms with van der Waals surface area (Å²) in [4.78, 5) is 12.2. The van der Waals surface area contributed by atoms with Crippen molar-refractivity contribution in [3.63, 3.8) is 0 Å². The van der Waals surface area contributed by atoms with Gasteiger partial charge in [-0.05, 0) is 65.9 Å². The van der Waals surface area contributed by atoms with Gasteiger partial charge in [0.2, 0.25) is 0 Å². The number of halogens is 1. The van der Waals surface area contributed by atoms with Crippen LogP contribution >= 0.6 is 0 Å². The van der Waals surface area contributed by atoms with Crippen molar-refractivity contribution in [3.8, 4) is 16.9 Å². The third kappa shape index (κ3) is 3.94. The van der Waals surface area contributed by atoms with Crippen molar-refractivity contribution in [2.75, 3.05) is 0 Å². The molecule has 0 aliphatic carbocycles. The number of hydrogen-bond donors (Lipinski definition) is 0. The smallest absolute Gasteiger partial charge is 0.343 e. The van der Waals surface area contributed by atoms with Crippen LogP contribution < -0.4 is 4.74 Å². The van der Waals surface area contributed by atoms with Crippen LogP contribution in [0.1, 0.15) is 28.4 Å². The number of hydrogen-bond acceptors (Lipinski definition) is 2. The summed E-state index contributed by atoms with van der Waals surface area (Å²) in [6, 6.07) is 19.5. The summed E-state index contributed by atoms with van der Waals surface area (Å²) >= 11 is 0. The molecule has 25 heavy (non-hydrogen) atoms. The molecule has 126 valence electrons. The van der Waals surface area contributed by atoms with E-state index >= 15 is 0 Å². The largest absolute Gasteiger partial charge is 0.423 e. The zero-order valence-corrected chi connectivity index (χ0v) is 14.3. The van der Waals surface area contributed by atoms with Crippen LogP contribution in [0.5, 0.6) is 5.75 Å². The van der Waals surface area contributed by atoms with Crippen molar-refractivity contribution in [2.45, 2.75) is 20.3 Å². The fourth-order valence-electron chi connectivity index (χ4n) is 2.53. The molecular weight excluding hydrogens is 315 g/mol. The van der Waals surface area contributed by atoms with Gasteiger partial charge in [-0.15, -0.1) is 0 Å². The SMILES string of the molecule is CCc1ccc(OC(=O)c2ccc(-c3ccc(C)c(F)c3)cc2)cc1. The molecule has 0 fully saturated rings. The van der Waals surface area contributed by atoms with Gasteiger partial charge >= 0.3 is 5.97 Å². The minimum absolute atomic E-state index is 0.239. The zero-order chi connectivity index (χ0) is 17.8. The molecule has 0 aromatic heterocycles. The highest BCUT2D eigenvalue weighted by atomic mass is 19.1. The summed E-state index contributed by atoms with van der Waals surface area (Å²) < 4.78 is 19.1. The molecule has 3 aromatic carbocycles. The van der Waals surface area contributed by atoms with E-state index in [4.69, 9.17) is 4.74 Å². The minimum atomic E-state index is -0.411. The number of esters is 1. The molecule has 3 rings (SSSR count). The molecule has 0 N–H and O–H groups in total. The molecule has 0 saturated heterocycles. The van der Waals surface area contributed by atoms with Gasteiger partial charge in [0.15, 0.2) is 0 Å². The molecular formula is C22H19FO2. The Labute approximate surface area is 146 Å². The maximum absolute atomic E-state index is 13.7. The highest BCUT2D eigenvalue weighted by Crippen LogP contribution is 2.23. The van der Waals surface area contributed by atoms with Crippen LogP contribution in [0.25, 0.3) is 11.1 Å². The van der Waals surface area contributed by atoms with Crippen molar-refractivity contribution < 1.29 is 13.9 Å². The lowest BCUT2D eigenvalue weighted by atomic mass is 10.0. The number of carbonyl (C=O) groups is 1. The van der Waals surface area contributed by atoms with Gasteiger partial charge in [-0.1, -0.05) is 43.3 Å². The first-order valence-corrected chi connectivity index (χ1v) is 8.24. The van der Waals surface area contributed by atoms with E-state index in [-0.39, 0.29) is 5.82 Å². The lowest BCUT2D eigenvalue weighted by Gasteiger charge is -2.07. The van der Waals surface area contributed by atoms with Crippen molar-refractivity contribution in [1.82, 2.24) is 0 Å². The van der Waals surface area contributed by atoms with Crippen LogP contribution in [0.2, 0.25) is 0 Å². The van der Waals surface area contributed by atoms with Crippen molar-refractivity contribution in [2.24, 2.45) is 0 Å². The van der Waals surface area contributed by atoms with Crippen LogP contribution in [0, 0.1) is 12.7 Å². The second-order valence-corrected chi connectivity index (χ2v) is 5.93. The van der Waals surface area contributed by atoms with Gasteiger partial charge in [-0.3, -0.25) is 0 Å². The van der Waals surface area contributed by atoms with Gasteiger partial charge in [0.1, 0.15) is 11.6 Å². The molecule has 2 nitrogen and oxygen atoms in total. The molecule has 0 heterocycles.